The normalized spacial score (nSPS) is 14.8. The highest BCUT2D eigenvalue weighted by Gasteiger charge is 2.31. The van der Waals surface area contributed by atoms with Crippen LogP contribution in [0.4, 0.5) is 0 Å². The molecule has 0 fully saturated rings. The lowest BCUT2D eigenvalue weighted by Gasteiger charge is -2.16. The monoisotopic (exact) mass is 286 g/mol. The molecule has 0 spiro atoms. The van der Waals surface area contributed by atoms with Crippen LogP contribution in [0.1, 0.15) is 12.0 Å². The first-order valence-corrected chi connectivity index (χ1v) is 7.55. The van der Waals surface area contributed by atoms with Gasteiger partial charge in [0.2, 0.25) is 0 Å². The van der Waals surface area contributed by atoms with Crippen molar-refractivity contribution < 1.29 is 18.3 Å². The number of rotatable bonds is 7. The average molecular weight is 286 g/mol. The Bertz CT molecular complexity index is 516. The van der Waals surface area contributed by atoms with Gasteiger partial charge in [-0.2, -0.15) is 0 Å². The van der Waals surface area contributed by atoms with Gasteiger partial charge < -0.3 is 16.6 Å². The Kier molecular flexibility index (Phi) is 5.46. The Morgan fingerprint density at radius 3 is 2.32 bits per heavy atom. The number of aliphatic carboxylic acids is 1. The molecule has 1 unspecified atom stereocenters. The van der Waals surface area contributed by atoms with Crippen molar-refractivity contribution in [2.45, 2.75) is 24.3 Å². The van der Waals surface area contributed by atoms with Crippen molar-refractivity contribution in [1.82, 2.24) is 0 Å². The summed E-state index contributed by atoms with van der Waals surface area (Å²) in [5.74, 6) is -1.59. The third-order valence-electron chi connectivity index (χ3n) is 2.79. The molecule has 0 saturated heterocycles. The summed E-state index contributed by atoms with van der Waals surface area (Å²) in [5, 5.41) is 7.08. The summed E-state index contributed by atoms with van der Waals surface area (Å²) < 4.78 is 23.6. The molecule has 0 saturated carbocycles. The molecule has 1 aromatic rings. The fourth-order valence-corrected chi connectivity index (χ4v) is 3.00. The van der Waals surface area contributed by atoms with Crippen LogP contribution < -0.4 is 11.5 Å². The van der Waals surface area contributed by atoms with Crippen LogP contribution in [-0.2, 0) is 21.1 Å². The van der Waals surface area contributed by atoms with Gasteiger partial charge in [0, 0.05) is 0 Å². The quantitative estimate of drug-likeness (QED) is 0.634. The van der Waals surface area contributed by atoms with Gasteiger partial charge in [-0.25, -0.2) is 8.42 Å². The van der Waals surface area contributed by atoms with E-state index in [1.165, 1.54) is 0 Å². The van der Waals surface area contributed by atoms with Gasteiger partial charge in [0.25, 0.3) is 0 Å². The number of hydrogen-bond acceptors (Lipinski definition) is 5. The first kappa shape index (κ1) is 15.6. The van der Waals surface area contributed by atoms with E-state index < -0.39 is 27.2 Å². The lowest BCUT2D eigenvalue weighted by Crippen LogP contribution is -2.52. The lowest BCUT2D eigenvalue weighted by atomic mass is 10.1. The number of benzene rings is 1. The maximum atomic E-state index is 11.8. The molecule has 5 N–H and O–H groups in total. The first-order valence-electron chi connectivity index (χ1n) is 5.84. The van der Waals surface area contributed by atoms with Gasteiger partial charge in [-0.3, -0.25) is 4.79 Å². The van der Waals surface area contributed by atoms with Gasteiger partial charge in [-0.1, -0.05) is 30.3 Å². The molecule has 0 aliphatic heterocycles. The van der Waals surface area contributed by atoms with Crippen LogP contribution in [0.15, 0.2) is 30.3 Å². The Morgan fingerprint density at radius 2 is 1.79 bits per heavy atom. The summed E-state index contributed by atoms with van der Waals surface area (Å²) >= 11 is 0. The van der Waals surface area contributed by atoms with Crippen LogP contribution in [0.2, 0.25) is 0 Å². The molecule has 2 atom stereocenters. The van der Waals surface area contributed by atoms with Crippen LogP contribution >= 0.6 is 0 Å². The lowest BCUT2D eigenvalue weighted by molar-refractivity contribution is -0.138. The summed E-state index contributed by atoms with van der Waals surface area (Å²) in [4.78, 5) is 10.6. The number of aryl methyl sites for hydroxylation is 1. The summed E-state index contributed by atoms with van der Waals surface area (Å²) in [6.07, 6.45) is 0.974. The molecule has 0 aliphatic rings. The zero-order valence-electron chi connectivity index (χ0n) is 10.4. The van der Waals surface area contributed by atoms with Crippen LogP contribution in [0.3, 0.4) is 0 Å². The Hall–Kier alpha value is -1.44. The molecule has 0 aliphatic carbocycles. The molecule has 106 valence electrons. The van der Waals surface area contributed by atoms with Crippen LogP contribution in [-0.4, -0.2) is 36.7 Å². The van der Waals surface area contributed by atoms with Gasteiger partial charge in [0.1, 0.15) is 11.4 Å². The third kappa shape index (κ3) is 4.62. The molecule has 1 aromatic carbocycles. The molecule has 0 amide bonds. The molecule has 6 nitrogen and oxygen atoms in total. The molecule has 0 radical (unpaired) electrons. The van der Waals surface area contributed by atoms with Crippen molar-refractivity contribution in [3.63, 3.8) is 0 Å². The SMILES string of the molecule is NC(C(=O)O)[C@@H](N)S(=O)(=O)CCCc1ccccc1. The fraction of sp³-hybridized carbons (Fsp3) is 0.417. The minimum Gasteiger partial charge on any atom is -0.480 e. The molecule has 0 bridgehead atoms. The van der Waals surface area contributed by atoms with Gasteiger partial charge in [0.15, 0.2) is 9.84 Å². The number of carboxylic acid groups (broad SMARTS) is 1. The van der Waals surface area contributed by atoms with Gasteiger partial charge in [-0.15, -0.1) is 0 Å². The highest BCUT2D eigenvalue weighted by Crippen LogP contribution is 2.07. The van der Waals surface area contributed by atoms with Crippen LogP contribution in [0.5, 0.6) is 0 Å². The van der Waals surface area contributed by atoms with Crippen LogP contribution in [0.25, 0.3) is 0 Å². The predicted octanol–water partition coefficient (Wildman–Crippen LogP) is -0.269. The number of hydrogen-bond donors (Lipinski definition) is 3. The van der Waals surface area contributed by atoms with E-state index in [-0.39, 0.29) is 5.75 Å². The van der Waals surface area contributed by atoms with E-state index in [9.17, 15) is 13.2 Å². The molecule has 19 heavy (non-hydrogen) atoms. The average Bonchev–Trinajstić information content (AvgIpc) is 2.37. The molecule has 7 heteroatoms. The second kappa shape index (κ2) is 6.65. The van der Waals surface area contributed by atoms with Gasteiger partial charge in [0.05, 0.1) is 5.75 Å². The van der Waals surface area contributed by atoms with E-state index in [4.69, 9.17) is 16.6 Å². The number of nitrogens with two attached hydrogens (primary N) is 2. The molecular weight excluding hydrogens is 268 g/mol. The van der Waals surface area contributed by atoms with Crippen molar-refractivity contribution in [1.29, 1.82) is 0 Å². The minimum atomic E-state index is -3.70. The van der Waals surface area contributed by atoms with Gasteiger partial charge >= 0.3 is 5.97 Å². The highest BCUT2D eigenvalue weighted by atomic mass is 32.2. The summed E-state index contributed by atoms with van der Waals surface area (Å²) in [5.41, 5.74) is 11.6. The summed E-state index contributed by atoms with van der Waals surface area (Å²) in [7, 11) is -3.70. The van der Waals surface area contributed by atoms with E-state index in [0.29, 0.717) is 12.8 Å². The molecule has 1 rings (SSSR count). The van der Waals surface area contributed by atoms with Crippen molar-refractivity contribution in [3.05, 3.63) is 35.9 Å². The molecular formula is C12H18N2O4S. The van der Waals surface area contributed by atoms with E-state index in [0.717, 1.165) is 5.56 Å². The van der Waals surface area contributed by atoms with Crippen molar-refractivity contribution in [3.8, 4) is 0 Å². The number of sulfone groups is 1. The van der Waals surface area contributed by atoms with E-state index in [1.807, 2.05) is 30.3 Å². The second-order valence-corrected chi connectivity index (χ2v) is 6.56. The Morgan fingerprint density at radius 1 is 1.21 bits per heavy atom. The first-order chi connectivity index (χ1) is 8.84. The smallest absolute Gasteiger partial charge is 0.323 e. The maximum Gasteiger partial charge on any atom is 0.323 e. The third-order valence-corrected chi connectivity index (χ3v) is 4.77. The minimum absolute atomic E-state index is 0.177. The maximum absolute atomic E-state index is 11.8. The van der Waals surface area contributed by atoms with E-state index in [2.05, 4.69) is 0 Å². The predicted molar refractivity (Wildman–Crippen MR) is 72.1 cm³/mol. The molecule has 0 heterocycles. The Balaban J connectivity index is 2.54. The summed E-state index contributed by atoms with van der Waals surface area (Å²) in [6.45, 7) is 0. The van der Waals surface area contributed by atoms with E-state index in [1.54, 1.807) is 0 Å². The van der Waals surface area contributed by atoms with Crippen molar-refractivity contribution in [2.24, 2.45) is 11.5 Å². The zero-order valence-corrected chi connectivity index (χ0v) is 11.2. The standard InChI is InChI=1S/C12H18N2O4S/c13-10(12(15)16)11(14)19(17,18)8-4-7-9-5-2-1-3-6-9/h1-3,5-6,10-11H,4,7-8,13-14H2,(H,15,16)/t10?,11-/m0/s1. The number of carbonyl (C=O) groups is 1. The second-order valence-electron chi connectivity index (χ2n) is 4.28. The van der Waals surface area contributed by atoms with Crippen molar-refractivity contribution in [2.75, 3.05) is 5.75 Å². The zero-order chi connectivity index (χ0) is 14.5. The van der Waals surface area contributed by atoms with E-state index >= 15 is 0 Å². The number of carboxylic acids is 1. The van der Waals surface area contributed by atoms with Crippen LogP contribution in [0, 0.1) is 0 Å². The van der Waals surface area contributed by atoms with Gasteiger partial charge in [-0.05, 0) is 18.4 Å². The summed E-state index contributed by atoms with van der Waals surface area (Å²) in [6, 6.07) is 7.82. The Labute approximate surface area is 112 Å². The molecule has 0 aromatic heterocycles. The van der Waals surface area contributed by atoms with Crippen molar-refractivity contribution >= 4 is 15.8 Å². The largest absolute Gasteiger partial charge is 0.480 e. The topological polar surface area (TPSA) is 123 Å². The fourth-order valence-electron chi connectivity index (χ4n) is 1.62. The highest BCUT2D eigenvalue weighted by molar-refractivity contribution is 7.92.